The predicted molar refractivity (Wildman–Crippen MR) is 76.9 cm³/mol. The third-order valence-corrected chi connectivity index (χ3v) is 3.36. The summed E-state index contributed by atoms with van der Waals surface area (Å²) in [5.74, 6) is -0.0858. The summed E-state index contributed by atoms with van der Waals surface area (Å²) in [6.45, 7) is 0.610. The van der Waals surface area contributed by atoms with E-state index in [1.807, 2.05) is 0 Å². The van der Waals surface area contributed by atoms with E-state index in [2.05, 4.69) is 10.5 Å². The van der Waals surface area contributed by atoms with Gasteiger partial charge in [0.05, 0.1) is 12.0 Å². The minimum Gasteiger partial charge on any atom is -0.463 e. The lowest BCUT2D eigenvalue weighted by Crippen LogP contribution is -2.35. The number of carbonyl (C=O) groups is 1. The number of carbonyl (C=O) groups excluding carboxylic acids is 1. The first kappa shape index (κ1) is 14.6. The van der Waals surface area contributed by atoms with Gasteiger partial charge in [-0.05, 0) is 37.1 Å². The molecular weight excluding hydrogens is 288 g/mol. The smallest absolute Gasteiger partial charge is 0.280 e. The second kappa shape index (κ2) is 6.59. The second-order valence-electron chi connectivity index (χ2n) is 4.94. The van der Waals surface area contributed by atoms with Gasteiger partial charge < -0.3 is 14.1 Å². The molecule has 1 unspecified atom stereocenters. The summed E-state index contributed by atoms with van der Waals surface area (Å²) < 4.78 is 10.5. The number of furan rings is 1. The molecular formula is C15H16N2O5. The maximum atomic E-state index is 12.0. The van der Waals surface area contributed by atoms with Crippen LogP contribution in [-0.2, 0) is 9.57 Å². The van der Waals surface area contributed by atoms with E-state index < -0.39 is 17.8 Å². The van der Waals surface area contributed by atoms with Crippen LogP contribution in [0, 0.1) is 0 Å². The molecule has 0 saturated carbocycles. The Morgan fingerprint density at radius 2 is 2.23 bits per heavy atom. The highest BCUT2D eigenvalue weighted by Gasteiger charge is 2.18. The van der Waals surface area contributed by atoms with E-state index in [0.29, 0.717) is 24.5 Å². The first-order valence-corrected chi connectivity index (χ1v) is 7.09. The number of H-pyrrole nitrogens is 1. The van der Waals surface area contributed by atoms with Gasteiger partial charge in [0.25, 0.3) is 11.5 Å². The molecule has 116 valence electrons. The van der Waals surface area contributed by atoms with Crippen molar-refractivity contribution in [1.82, 2.24) is 10.5 Å². The normalized spacial score (nSPS) is 18.1. The minimum atomic E-state index is -0.610. The van der Waals surface area contributed by atoms with Crippen LogP contribution in [0.3, 0.4) is 0 Å². The van der Waals surface area contributed by atoms with Crippen molar-refractivity contribution in [2.75, 3.05) is 6.61 Å². The van der Waals surface area contributed by atoms with Gasteiger partial charge >= 0.3 is 0 Å². The van der Waals surface area contributed by atoms with Crippen molar-refractivity contribution in [3.8, 4) is 11.5 Å². The molecule has 7 heteroatoms. The first-order valence-electron chi connectivity index (χ1n) is 7.09. The van der Waals surface area contributed by atoms with Crippen LogP contribution in [0.15, 0.2) is 39.7 Å². The topological polar surface area (TPSA) is 93.6 Å². The lowest BCUT2D eigenvalue weighted by atomic mass is 10.2. The van der Waals surface area contributed by atoms with Crippen LogP contribution in [-0.4, -0.2) is 23.8 Å². The minimum absolute atomic E-state index is 0.0360. The number of aromatic nitrogens is 1. The van der Waals surface area contributed by atoms with Gasteiger partial charge in [0.2, 0.25) is 0 Å². The first-order chi connectivity index (χ1) is 10.7. The van der Waals surface area contributed by atoms with Crippen LogP contribution in [0.4, 0.5) is 0 Å². The molecule has 2 N–H and O–H groups in total. The Morgan fingerprint density at radius 1 is 1.32 bits per heavy atom. The molecule has 1 atom stereocenters. The van der Waals surface area contributed by atoms with Gasteiger partial charge in [0, 0.05) is 13.0 Å². The fourth-order valence-corrected chi connectivity index (χ4v) is 2.21. The second-order valence-corrected chi connectivity index (χ2v) is 4.94. The van der Waals surface area contributed by atoms with Crippen molar-refractivity contribution in [3.05, 3.63) is 46.4 Å². The average molecular weight is 304 g/mol. The van der Waals surface area contributed by atoms with Crippen molar-refractivity contribution >= 4 is 5.91 Å². The highest BCUT2D eigenvalue weighted by molar-refractivity contribution is 5.93. The number of ether oxygens (including phenoxy) is 1. The largest absolute Gasteiger partial charge is 0.463 e. The summed E-state index contributed by atoms with van der Waals surface area (Å²) in [7, 11) is 0. The zero-order valence-electron chi connectivity index (χ0n) is 11.8. The van der Waals surface area contributed by atoms with Crippen LogP contribution in [0.2, 0.25) is 0 Å². The van der Waals surface area contributed by atoms with Crippen molar-refractivity contribution < 1.29 is 18.8 Å². The van der Waals surface area contributed by atoms with E-state index in [-0.39, 0.29) is 5.56 Å². The Kier molecular flexibility index (Phi) is 4.36. The highest BCUT2D eigenvalue weighted by atomic mass is 16.8. The molecule has 2 aromatic rings. The number of rotatable bonds is 4. The van der Waals surface area contributed by atoms with Gasteiger partial charge in [-0.2, -0.15) is 0 Å². The molecule has 1 fully saturated rings. The van der Waals surface area contributed by atoms with E-state index in [9.17, 15) is 9.59 Å². The summed E-state index contributed by atoms with van der Waals surface area (Å²) in [5.41, 5.74) is 2.21. The van der Waals surface area contributed by atoms with Crippen molar-refractivity contribution in [2.45, 2.75) is 25.6 Å². The summed E-state index contributed by atoms with van der Waals surface area (Å²) in [5, 5.41) is 0. The molecule has 3 rings (SSSR count). The SMILES string of the molecule is O=C(NOC1CCCCO1)c1ccc(-c2ccco2)[nH]c1=O. The number of pyridine rings is 1. The molecule has 0 aliphatic carbocycles. The van der Waals surface area contributed by atoms with Gasteiger partial charge in [-0.25, -0.2) is 10.3 Å². The zero-order chi connectivity index (χ0) is 15.4. The number of nitrogens with one attached hydrogen (secondary N) is 2. The van der Waals surface area contributed by atoms with Crippen LogP contribution in [0.1, 0.15) is 29.6 Å². The Labute approximate surface area is 126 Å². The number of aromatic amines is 1. The predicted octanol–water partition coefficient (Wildman–Crippen LogP) is 1.82. The third-order valence-electron chi connectivity index (χ3n) is 3.36. The maximum absolute atomic E-state index is 12.0. The van der Waals surface area contributed by atoms with Crippen LogP contribution in [0.5, 0.6) is 0 Å². The highest BCUT2D eigenvalue weighted by Crippen LogP contribution is 2.16. The molecule has 0 bridgehead atoms. The Bertz CT molecular complexity index is 686. The Hall–Kier alpha value is -2.38. The number of hydrogen-bond donors (Lipinski definition) is 2. The third kappa shape index (κ3) is 3.26. The standard InChI is InChI=1S/C15H16N2O5/c18-14-10(6-7-11(16-14)12-4-3-9-20-12)15(19)17-22-13-5-1-2-8-21-13/h3-4,6-7,9,13H,1-2,5,8H2,(H,16,18)(H,17,19). The molecule has 3 heterocycles. The molecule has 2 aromatic heterocycles. The van der Waals surface area contributed by atoms with Gasteiger partial charge in [-0.1, -0.05) is 0 Å². The van der Waals surface area contributed by atoms with Gasteiger partial charge in [-0.15, -0.1) is 0 Å². The molecule has 0 radical (unpaired) electrons. The van der Waals surface area contributed by atoms with Crippen molar-refractivity contribution in [1.29, 1.82) is 0 Å². The number of hydroxylamine groups is 1. The molecule has 0 spiro atoms. The quantitative estimate of drug-likeness (QED) is 0.840. The van der Waals surface area contributed by atoms with E-state index in [0.717, 1.165) is 12.8 Å². The van der Waals surface area contributed by atoms with Crippen molar-refractivity contribution in [2.24, 2.45) is 0 Å². The molecule has 1 amide bonds. The van der Waals surface area contributed by atoms with E-state index in [1.165, 1.54) is 12.3 Å². The van der Waals surface area contributed by atoms with E-state index in [1.54, 1.807) is 18.2 Å². The molecule has 7 nitrogen and oxygen atoms in total. The lowest BCUT2D eigenvalue weighted by molar-refractivity contribution is -0.186. The summed E-state index contributed by atoms with van der Waals surface area (Å²) in [6, 6.07) is 6.46. The lowest BCUT2D eigenvalue weighted by Gasteiger charge is -2.21. The zero-order valence-corrected chi connectivity index (χ0v) is 11.8. The monoisotopic (exact) mass is 304 g/mol. The van der Waals surface area contributed by atoms with E-state index >= 15 is 0 Å². The maximum Gasteiger partial charge on any atom is 0.280 e. The molecule has 1 saturated heterocycles. The van der Waals surface area contributed by atoms with Crippen LogP contribution < -0.4 is 11.0 Å². The summed E-state index contributed by atoms with van der Waals surface area (Å²) in [4.78, 5) is 31.7. The number of hydrogen-bond acceptors (Lipinski definition) is 5. The molecule has 1 aliphatic rings. The fourth-order valence-electron chi connectivity index (χ4n) is 2.21. The van der Waals surface area contributed by atoms with Crippen LogP contribution in [0.25, 0.3) is 11.5 Å². The van der Waals surface area contributed by atoms with E-state index in [4.69, 9.17) is 14.0 Å². The Morgan fingerprint density at radius 3 is 2.91 bits per heavy atom. The molecule has 0 aromatic carbocycles. The fraction of sp³-hybridized carbons (Fsp3) is 0.333. The van der Waals surface area contributed by atoms with Gasteiger partial charge in [-0.3, -0.25) is 9.59 Å². The van der Waals surface area contributed by atoms with Gasteiger partial charge in [0.1, 0.15) is 11.3 Å². The molecule has 22 heavy (non-hydrogen) atoms. The van der Waals surface area contributed by atoms with Crippen LogP contribution >= 0.6 is 0 Å². The summed E-state index contributed by atoms with van der Waals surface area (Å²) in [6.07, 6.45) is 3.74. The van der Waals surface area contributed by atoms with Gasteiger partial charge in [0.15, 0.2) is 6.29 Å². The number of amides is 1. The van der Waals surface area contributed by atoms with Crippen molar-refractivity contribution in [3.63, 3.8) is 0 Å². The molecule has 1 aliphatic heterocycles. The summed E-state index contributed by atoms with van der Waals surface area (Å²) >= 11 is 0. The average Bonchev–Trinajstić information content (AvgIpc) is 3.08. The Balaban J connectivity index is 1.66.